The number of para-hydroxylation sites is 1. The third kappa shape index (κ3) is 4.06. The van der Waals surface area contributed by atoms with Crippen LogP contribution in [0.15, 0.2) is 78.5 Å². The summed E-state index contributed by atoms with van der Waals surface area (Å²) in [7, 11) is 1.58. The Morgan fingerprint density at radius 3 is 2.49 bits per heavy atom. The minimum atomic E-state index is -0.974. The summed E-state index contributed by atoms with van der Waals surface area (Å²) < 4.78 is 19.7. The van der Waals surface area contributed by atoms with Gasteiger partial charge in [-0.15, -0.1) is 0 Å². The number of carbonyl (C=O) groups excluding carboxylic acids is 2. The number of aliphatic hydroxyl groups excluding tert-OH is 1. The summed E-state index contributed by atoms with van der Waals surface area (Å²) in [5.41, 5.74) is 2.48. The lowest BCUT2D eigenvalue weighted by Crippen LogP contribution is -2.29. The van der Waals surface area contributed by atoms with Crippen molar-refractivity contribution >= 4 is 34.0 Å². The van der Waals surface area contributed by atoms with Gasteiger partial charge in [0.2, 0.25) is 0 Å². The van der Waals surface area contributed by atoms with Gasteiger partial charge in [0.1, 0.15) is 17.3 Å². The number of aromatic nitrogens is 1. The lowest BCUT2D eigenvalue weighted by atomic mass is 9.84. The van der Waals surface area contributed by atoms with Crippen molar-refractivity contribution in [2.24, 2.45) is 0 Å². The highest BCUT2D eigenvalue weighted by Gasteiger charge is 2.48. The second-order valence-electron chi connectivity index (χ2n) is 10.1. The van der Waals surface area contributed by atoms with Gasteiger partial charge in [0.25, 0.3) is 11.7 Å². The molecule has 188 valence electrons. The fraction of sp³-hybridized carbons (Fsp3) is 0.200. The number of fused-ring (bicyclic) bond motifs is 1. The Labute approximate surface area is 214 Å². The molecule has 1 aliphatic rings. The van der Waals surface area contributed by atoms with E-state index in [1.54, 1.807) is 37.6 Å². The topological polar surface area (TPSA) is 82.6 Å². The summed E-state index contributed by atoms with van der Waals surface area (Å²) in [6, 6.07) is 17.2. The summed E-state index contributed by atoms with van der Waals surface area (Å²) in [6.07, 6.45) is 1.72. The number of benzene rings is 3. The Hall–Kier alpha value is -4.39. The van der Waals surface area contributed by atoms with Gasteiger partial charge in [0.15, 0.2) is 0 Å². The number of hydrogen-bond donors (Lipinski definition) is 2. The number of halogens is 1. The van der Waals surface area contributed by atoms with Crippen molar-refractivity contribution in [1.29, 1.82) is 0 Å². The van der Waals surface area contributed by atoms with E-state index in [4.69, 9.17) is 4.74 Å². The van der Waals surface area contributed by atoms with Crippen molar-refractivity contribution in [2.45, 2.75) is 32.2 Å². The van der Waals surface area contributed by atoms with E-state index < -0.39 is 23.5 Å². The van der Waals surface area contributed by atoms with Crippen LogP contribution in [0.2, 0.25) is 0 Å². The molecule has 2 N–H and O–H groups in total. The lowest BCUT2D eigenvalue weighted by molar-refractivity contribution is -0.132. The number of aromatic amines is 1. The first kappa shape index (κ1) is 24.3. The smallest absolute Gasteiger partial charge is 0.300 e. The number of Topliss-reactive ketones (excluding diaryl/α,β-unsaturated/α-hetero) is 1. The van der Waals surface area contributed by atoms with Crippen LogP contribution < -0.4 is 9.64 Å². The molecule has 6 nitrogen and oxygen atoms in total. The van der Waals surface area contributed by atoms with E-state index in [-0.39, 0.29) is 22.4 Å². The van der Waals surface area contributed by atoms with Crippen LogP contribution in [0.4, 0.5) is 10.1 Å². The number of ether oxygens (including phenoxy) is 1. The number of nitrogens with zero attached hydrogens (tertiary/aromatic N) is 1. The van der Waals surface area contributed by atoms with Gasteiger partial charge in [-0.3, -0.25) is 14.5 Å². The van der Waals surface area contributed by atoms with Crippen molar-refractivity contribution in [1.82, 2.24) is 4.98 Å². The maximum absolute atomic E-state index is 14.2. The Kier molecular flexibility index (Phi) is 5.86. The molecule has 1 unspecified atom stereocenters. The van der Waals surface area contributed by atoms with Gasteiger partial charge in [0, 0.05) is 39.5 Å². The van der Waals surface area contributed by atoms with E-state index in [1.165, 1.54) is 23.1 Å². The third-order valence-corrected chi connectivity index (χ3v) is 6.73. The predicted molar refractivity (Wildman–Crippen MR) is 141 cm³/mol. The first-order chi connectivity index (χ1) is 17.6. The average Bonchev–Trinajstić information content (AvgIpc) is 3.41. The van der Waals surface area contributed by atoms with Crippen LogP contribution in [0.25, 0.3) is 16.7 Å². The number of rotatable bonds is 4. The minimum absolute atomic E-state index is 0.0657. The second kappa shape index (κ2) is 8.92. The van der Waals surface area contributed by atoms with Crippen molar-refractivity contribution in [2.75, 3.05) is 12.0 Å². The molecule has 1 amide bonds. The quantitative estimate of drug-likeness (QED) is 0.198. The molecule has 2 heterocycles. The van der Waals surface area contributed by atoms with Crippen LogP contribution in [0.1, 0.15) is 43.5 Å². The average molecular weight is 499 g/mol. The molecule has 1 atom stereocenters. The molecule has 0 saturated carbocycles. The fourth-order valence-corrected chi connectivity index (χ4v) is 4.94. The first-order valence-electron chi connectivity index (χ1n) is 11.9. The largest absolute Gasteiger partial charge is 0.507 e. The summed E-state index contributed by atoms with van der Waals surface area (Å²) in [5.74, 6) is -1.88. The molecule has 0 radical (unpaired) electrons. The van der Waals surface area contributed by atoms with Crippen LogP contribution in [-0.2, 0) is 15.0 Å². The van der Waals surface area contributed by atoms with E-state index in [1.807, 2.05) is 45.0 Å². The zero-order valence-electron chi connectivity index (χ0n) is 21.0. The number of nitrogens with one attached hydrogen (secondary N) is 1. The Morgan fingerprint density at radius 1 is 1.03 bits per heavy atom. The molecule has 0 spiro atoms. The highest BCUT2D eigenvalue weighted by atomic mass is 19.1. The van der Waals surface area contributed by atoms with Gasteiger partial charge >= 0.3 is 0 Å². The normalized spacial score (nSPS) is 17.5. The highest BCUT2D eigenvalue weighted by Crippen LogP contribution is 2.45. The highest BCUT2D eigenvalue weighted by molar-refractivity contribution is 6.51. The standard InChI is InChI=1S/C30H27FN2O4/c1-30(2,3)22-14-17(12-13-24(22)37-4)27(34)25-26(21-16-32-23-11-6-5-10-20(21)23)33(29(36)28(25)35)19-9-7-8-18(31)15-19/h5-16,26,32,34H,1-4H3/b27-25+. The van der Waals surface area contributed by atoms with Crippen LogP contribution >= 0.6 is 0 Å². The molecular weight excluding hydrogens is 471 g/mol. The predicted octanol–water partition coefficient (Wildman–Crippen LogP) is 6.24. The number of hydrogen-bond acceptors (Lipinski definition) is 4. The van der Waals surface area contributed by atoms with Gasteiger partial charge < -0.3 is 14.8 Å². The Balaban J connectivity index is 1.78. The second-order valence-corrected chi connectivity index (χ2v) is 10.1. The number of methoxy groups -OCH3 is 1. The maximum Gasteiger partial charge on any atom is 0.300 e. The number of amides is 1. The zero-order valence-corrected chi connectivity index (χ0v) is 21.0. The van der Waals surface area contributed by atoms with Crippen molar-refractivity contribution in [3.63, 3.8) is 0 Å². The molecule has 1 aromatic heterocycles. The van der Waals surface area contributed by atoms with Crippen LogP contribution in [0.3, 0.4) is 0 Å². The molecule has 1 saturated heterocycles. The van der Waals surface area contributed by atoms with E-state index in [0.717, 1.165) is 16.5 Å². The SMILES string of the molecule is COc1ccc(/C(O)=C2\C(=O)C(=O)N(c3cccc(F)c3)C2c2c[nH]c3ccccc23)cc1C(C)(C)C. The van der Waals surface area contributed by atoms with Gasteiger partial charge in [0.05, 0.1) is 18.7 Å². The molecule has 1 fully saturated rings. The van der Waals surface area contributed by atoms with Crippen molar-refractivity contribution in [3.8, 4) is 5.75 Å². The summed E-state index contributed by atoms with van der Waals surface area (Å²) in [4.78, 5) is 31.3. The van der Waals surface area contributed by atoms with E-state index in [9.17, 15) is 19.1 Å². The first-order valence-corrected chi connectivity index (χ1v) is 11.9. The van der Waals surface area contributed by atoms with Gasteiger partial charge in [-0.05, 0) is 47.9 Å². The van der Waals surface area contributed by atoms with Gasteiger partial charge in [-0.2, -0.15) is 0 Å². The number of aliphatic hydroxyl groups is 1. The monoisotopic (exact) mass is 498 g/mol. The molecule has 4 aromatic rings. The van der Waals surface area contributed by atoms with E-state index in [2.05, 4.69) is 4.98 Å². The molecule has 1 aliphatic heterocycles. The molecule has 0 aliphatic carbocycles. The molecular formula is C30H27FN2O4. The van der Waals surface area contributed by atoms with Crippen LogP contribution in [-0.4, -0.2) is 28.9 Å². The summed E-state index contributed by atoms with van der Waals surface area (Å²) >= 11 is 0. The van der Waals surface area contributed by atoms with Crippen molar-refractivity contribution in [3.05, 3.63) is 101 Å². The number of carbonyl (C=O) groups is 2. The van der Waals surface area contributed by atoms with Gasteiger partial charge in [-0.1, -0.05) is 45.0 Å². The fourth-order valence-electron chi connectivity index (χ4n) is 4.94. The number of ketones is 1. The molecule has 7 heteroatoms. The molecule has 37 heavy (non-hydrogen) atoms. The minimum Gasteiger partial charge on any atom is -0.507 e. The number of H-pyrrole nitrogens is 1. The zero-order chi connectivity index (χ0) is 26.5. The molecule has 3 aromatic carbocycles. The summed E-state index contributed by atoms with van der Waals surface area (Å²) in [5, 5.41) is 12.4. The van der Waals surface area contributed by atoms with E-state index in [0.29, 0.717) is 16.9 Å². The van der Waals surface area contributed by atoms with Gasteiger partial charge in [-0.25, -0.2) is 4.39 Å². The van der Waals surface area contributed by atoms with Crippen LogP contribution in [0, 0.1) is 5.82 Å². The number of anilines is 1. The molecule has 5 rings (SSSR count). The van der Waals surface area contributed by atoms with Crippen molar-refractivity contribution < 1.29 is 23.8 Å². The Bertz CT molecular complexity index is 1580. The maximum atomic E-state index is 14.2. The van der Waals surface area contributed by atoms with E-state index >= 15 is 0 Å². The van der Waals surface area contributed by atoms with Crippen LogP contribution in [0.5, 0.6) is 5.75 Å². The third-order valence-electron chi connectivity index (χ3n) is 6.73. The summed E-state index contributed by atoms with van der Waals surface area (Å²) in [6.45, 7) is 6.05. The lowest BCUT2D eigenvalue weighted by Gasteiger charge is -2.25. The Morgan fingerprint density at radius 2 is 1.78 bits per heavy atom. The molecule has 0 bridgehead atoms.